The molecule has 2 aliphatic rings. The molecule has 0 bridgehead atoms. The lowest BCUT2D eigenvalue weighted by Gasteiger charge is -2.36. The Morgan fingerprint density at radius 1 is 1.10 bits per heavy atom. The number of hydrogen-bond acceptors (Lipinski definition) is 1. The van der Waals surface area contributed by atoms with E-state index in [9.17, 15) is 4.79 Å². The van der Waals surface area contributed by atoms with Gasteiger partial charge in [-0.25, -0.2) is 0 Å². The highest BCUT2D eigenvalue weighted by Crippen LogP contribution is 2.34. The molecule has 0 saturated heterocycles. The molecule has 0 saturated carbocycles. The van der Waals surface area contributed by atoms with E-state index >= 15 is 0 Å². The van der Waals surface area contributed by atoms with Crippen LogP contribution >= 0.6 is 11.6 Å². The SMILES string of the molecule is Cc1cccc(C(=O)N2CCc3c([nH]c4c3=CCCC=4)C2c2ccc(Cl)cc2)c1. The van der Waals surface area contributed by atoms with Crippen LogP contribution in [0, 0.1) is 6.92 Å². The number of aryl methyl sites for hydroxylation is 1. The molecule has 2 aromatic carbocycles. The fourth-order valence-electron chi connectivity index (χ4n) is 4.62. The van der Waals surface area contributed by atoms with E-state index in [4.69, 9.17) is 11.6 Å². The Morgan fingerprint density at radius 2 is 1.90 bits per heavy atom. The first-order chi connectivity index (χ1) is 14.1. The Bertz CT molecular complexity index is 1210. The number of amides is 1. The van der Waals surface area contributed by atoms with Crippen LogP contribution in [-0.4, -0.2) is 22.3 Å². The number of aromatic nitrogens is 1. The van der Waals surface area contributed by atoms with Crippen LogP contribution < -0.4 is 10.6 Å². The minimum atomic E-state index is -0.142. The fourth-order valence-corrected chi connectivity index (χ4v) is 4.75. The van der Waals surface area contributed by atoms with Crippen LogP contribution in [-0.2, 0) is 6.42 Å². The molecule has 2 heterocycles. The molecule has 1 N–H and O–H groups in total. The van der Waals surface area contributed by atoms with Gasteiger partial charge in [-0.3, -0.25) is 4.79 Å². The molecule has 1 aliphatic heterocycles. The Balaban J connectivity index is 1.66. The third-order valence-corrected chi connectivity index (χ3v) is 6.22. The molecule has 3 nitrogen and oxygen atoms in total. The summed E-state index contributed by atoms with van der Waals surface area (Å²) in [6.07, 6.45) is 7.62. The van der Waals surface area contributed by atoms with E-state index in [2.05, 4.69) is 17.1 Å². The molecule has 1 unspecified atom stereocenters. The maximum absolute atomic E-state index is 13.5. The van der Waals surface area contributed by atoms with Crippen molar-refractivity contribution in [3.8, 4) is 0 Å². The lowest BCUT2D eigenvalue weighted by atomic mass is 9.91. The van der Waals surface area contributed by atoms with Gasteiger partial charge in [0.15, 0.2) is 0 Å². The van der Waals surface area contributed by atoms with Gasteiger partial charge in [0.05, 0.1) is 6.04 Å². The van der Waals surface area contributed by atoms with E-state index in [1.54, 1.807) is 0 Å². The van der Waals surface area contributed by atoms with Crippen LogP contribution in [0.2, 0.25) is 5.02 Å². The number of carbonyl (C=O) groups is 1. The zero-order chi connectivity index (χ0) is 20.0. The smallest absolute Gasteiger partial charge is 0.254 e. The van der Waals surface area contributed by atoms with E-state index in [0.29, 0.717) is 11.6 Å². The molecule has 5 rings (SSSR count). The second kappa shape index (κ2) is 7.23. The van der Waals surface area contributed by atoms with Crippen molar-refractivity contribution in [2.75, 3.05) is 6.54 Å². The highest BCUT2D eigenvalue weighted by atomic mass is 35.5. The van der Waals surface area contributed by atoms with E-state index < -0.39 is 0 Å². The van der Waals surface area contributed by atoms with Gasteiger partial charge in [0, 0.05) is 28.2 Å². The second-order valence-corrected chi connectivity index (χ2v) is 8.34. The number of carbonyl (C=O) groups excluding carboxylic acids is 1. The Labute approximate surface area is 175 Å². The molecular weight excluding hydrogens is 380 g/mol. The summed E-state index contributed by atoms with van der Waals surface area (Å²) in [5.74, 6) is 0.0693. The van der Waals surface area contributed by atoms with Crippen LogP contribution in [0.1, 0.15) is 51.6 Å². The molecule has 1 amide bonds. The summed E-state index contributed by atoms with van der Waals surface area (Å²) in [4.78, 5) is 19.2. The summed E-state index contributed by atoms with van der Waals surface area (Å²) in [5.41, 5.74) is 5.40. The number of aromatic amines is 1. The average Bonchev–Trinajstić information content (AvgIpc) is 3.12. The average molecular weight is 403 g/mol. The molecule has 0 fully saturated rings. The zero-order valence-electron chi connectivity index (χ0n) is 16.4. The monoisotopic (exact) mass is 402 g/mol. The van der Waals surface area contributed by atoms with Gasteiger partial charge in [-0.15, -0.1) is 0 Å². The molecule has 1 aliphatic carbocycles. The predicted molar refractivity (Wildman–Crippen MR) is 117 cm³/mol. The molecule has 1 aromatic heterocycles. The number of benzene rings is 2. The molecule has 3 aromatic rings. The molecule has 29 heavy (non-hydrogen) atoms. The molecule has 146 valence electrons. The topological polar surface area (TPSA) is 36.1 Å². The fraction of sp³-hybridized carbons (Fsp3) is 0.240. The number of hydrogen-bond donors (Lipinski definition) is 1. The third kappa shape index (κ3) is 3.20. The largest absolute Gasteiger partial charge is 0.356 e. The molecule has 0 spiro atoms. The number of nitrogens with zero attached hydrogens (tertiary/aromatic N) is 1. The van der Waals surface area contributed by atoms with Crippen LogP contribution in [0.25, 0.3) is 12.2 Å². The first-order valence-corrected chi connectivity index (χ1v) is 10.5. The van der Waals surface area contributed by atoms with Crippen molar-refractivity contribution in [1.82, 2.24) is 9.88 Å². The van der Waals surface area contributed by atoms with Gasteiger partial charge in [-0.1, -0.05) is 53.6 Å². The summed E-state index contributed by atoms with van der Waals surface area (Å²) in [7, 11) is 0. The minimum absolute atomic E-state index is 0.0693. The first kappa shape index (κ1) is 18.3. The van der Waals surface area contributed by atoms with Crippen molar-refractivity contribution >= 4 is 29.7 Å². The highest BCUT2D eigenvalue weighted by molar-refractivity contribution is 6.30. The summed E-state index contributed by atoms with van der Waals surface area (Å²) in [6, 6.07) is 15.6. The molecule has 4 heteroatoms. The van der Waals surface area contributed by atoms with Gasteiger partial charge in [0.1, 0.15) is 0 Å². The number of nitrogens with one attached hydrogen (secondary N) is 1. The Hall–Kier alpha value is -2.78. The molecular formula is C25H23ClN2O. The number of fused-ring (bicyclic) bond motifs is 3. The molecule has 0 radical (unpaired) electrons. The van der Waals surface area contributed by atoms with E-state index in [1.165, 1.54) is 16.1 Å². The minimum Gasteiger partial charge on any atom is -0.356 e. The first-order valence-electron chi connectivity index (χ1n) is 10.2. The lowest BCUT2D eigenvalue weighted by Crippen LogP contribution is -2.41. The highest BCUT2D eigenvalue weighted by Gasteiger charge is 2.34. The van der Waals surface area contributed by atoms with Crippen LogP contribution in [0.15, 0.2) is 48.5 Å². The maximum atomic E-state index is 13.5. The van der Waals surface area contributed by atoms with Crippen molar-refractivity contribution in [2.45, 2.75) is 32.2 Å². The lowest BCUT2D eigenvalue weighted by molar-refractivity contribution is 0.0691. The third-order valence-electron chi connectivity index (χ3n) is 5.97. The maximum Gasteiger partial charge on any atom is 0.254 e. The van der Waals surface area contributed by atoms with Gasteiger partial charge in [-0.2, -0.15) is 0 Å². The van der Waals surface area contributed by atoms with Gasteiger partial charge in [0.2, 0.25) is 0 Å². The van der Waals surface area contributed by atoms with E-state index in [0.717, 1.165) is 41.6 Å². The van der Waals surface area contributed by atoms with Crippen molar-refractivity contribution in [3.63, 3.8) is 0 Å². The summed E-state index contributed by atoms with van der Waals surface area (Å²) in [5, 5.41) is 3.23. The number of rotatable bonds is 2. The second-order valence-electron chi connectivity index (χ2n) is 7.90. The number of halogens is 1. The molecule has 1 atom stereocenters. The van der Waals surface area contributed by atoms with Crippen molar-refractivity contribution in [2.24, 2.45) is 0 Å². The zero-order valence-corrected chi connectivity index (χ0v) is 17.2. The van der Waals surface area contributed by atoms with Crippen molar-refractivity contribution in [3.05, 3.63) is 92.1 Å². The Kier molecular flexibility index (Phi) is 4.56. The van der Waals surface area contributed by atoms with Gasteiger partial charge < -0.3 is 9.88 Å². The number of H-pyrrole nitrogens is 1. The van der Waals surface area contributed by atoms with Crippen LogP contribution in [0.4, 0.5) is 0 Å². The van der Waals surface area contributed by atoms with E-state index in [-0.39, 0.29) is 11.9 Å². The summed E-state index contributed by atoms with van der Waals surface area (Å²) < 4.78 is 0. The summed E-state index contributed by atoms with van der Waals surface area (Å²) >= 11 is 6.15. The van der Waals surface area contributed by atoms with E-state index in [1.807, 2.05) is 60.4 Å². The Morgan fingerprint density at radius 3 is 2.69 bits per heavy atom. The normalized spacial score (nSPS) is 17.7. The van der Waals surface area contributed by atoms with Crippen LogP contribution in [0.3, 0.4) is 0 Å². The van der Waals surface area contributed by atoms with Gasteiger partial charge >= 0.3 is 0 Å². The predicted octanol–water partition coefficient (Wildman–Crippen LogP) is 4.12. The van der Waals surface area contributed by atoms with Crippen molar-refractivity contribution in [1.29, 1.82) is 0 Å². The van der Waals surface area contributed by atoms with Crippen molar-refractivity contribution < 1.29 is 4.79 Å². The quantitative estimate of drug-likeness (QED) is 0.687. The summed E-state index contributed by atoms with van der Waals surface area (Å²) in [6.45, 7) is 2.72. The van der Waals surface area contributed by atoms with Gasteiger partial charge in [0.25, 0.3) is 5.91 Å². The van der Waals surface area contributed by atoms with Gasteiger partial charge in [-0.05, 0) is 66.8 Å². The standard InChI is InChI=1S/C25H23ClN2O/c1-16-5-4-6-18(15-16)25(29)28-14-13-21-20-7-2-3-8-22(20)27-23(21)24(28)17-9-11-19(26)12-10-17/h4-12,15,24,27H,2-3,13-14H2,1H3. The van der Waals surface area contributed by atoms with Crippen LogP contribution in [0.5, 0.6) is 0 Å².